The van der Waals surface area contributed by atoms with E-state index >= 15 is 0 Å². The molecule has 0 spiro atoms. The van der Waals surface area contributed by atoms with E-state index in [0.29, 0.717) is 0 Å². The Bertz CT molecular complexity index is 2460. The number of rotatable bonds is 3. The minimum atomic E-state index is -0.0228. The Labute approximate surface area is 264 Å². The Morgan fingerprint density at radius 2 is 0.822 bits per heavy atom. The highest BCUT2D eigenvalue weighted by atomic mass is 14.4. The summed E-state index contributed by atoms with van der Waals surface area (Å²) in [6.07, 6.45) is 0. The van der Waals surface area contributed by atoms with Crippen LogP contribution < -0.4 is 0 Å². The van der Waals surface area contributed by atoms with Gasteiger partial charge in [0.25, 0.3) is 0 Å². The zero-order valence-electron chi connectivity index (χ0n) is 25.5. The minimum Gasteiger partial charge on any atom is -0.0619 e. The molecule has 0 radical (unpaired) electrons. The smallest absolute Gasteiger partial charge is 0.0159 e. The first-order valence-electron chi connectivity index (χ1n) is 15.9. The van der Waals surface area contributed by atoms with E-state index in [9.17, 15) is 0 Å². The molecule has 0 unspecified atom stereocenters. The fraction of sp³-hybridized carbons (Fsp3) is 0.0667. The molecular formula is C45H32. The van der Waals surface area contributed by atoms with Crippen molar-refractivity contribution >= 4 is 32.3 Å². The van der Waals surface area contributed by atoms with Gasteiger partial charge in [-0.3, -0.25) is 0 Å². The largest absolute Gasteiger partial charge is 0.0619 e. The summed E-state index contributed by atoms with van der Waals surface area (Å²) in [7, 11) is 0. The second kappa shape index (κ2) is 9.78. The average molecular weight is 573 g/mol. The van der Waals surface area contributed by atoms with E-state index in [1.54, 1.807) is 0 Å². The standard InChI is InChI=1S/C45H32/c1-45(2)43-21-10-9-20-40(43)41-23-22-32(28-44(41)45)35-25-24-34(37-17-5-6-18-38(35)37)29-13-11-14-30(26-29)42-27-31-12-3-4-15-33(31)36-16-7-8-19-39(36)42/h3-28H,1-2H3. The van der Waals surface area contributed by atoms with Gasteiger partial charge in [0.1, 0.15) is 0 Å². The molecule has 8 aromatic carbocycles. The molecule has 0 aliphatic heterocycles. The molecule has 45 heavy (non-hydrogen) atoms. The van der Waals surface area contributed by atoms with Crippen LogP contribution in [-0.2, 0) is 5.41 Å². The van der Waals surface area contributed by atoms with Crippen molar-refractivity contribution in [1.29, 1.82) is 0 Å². The van der Waals surface area contributed by atoms with Gasteiger partial charge in [-0.05, 0) is 106 Å². The summed E-state index contributed by atoms with van der Waals surface area (Å²) in [5, 5.41) is 7.71. The van der Waals surface area contributed by atoms with Gasteiger partial charge in [-0.2, -0.15) is 0 Å². The van der Waals surface area contributed by atoms with Crippen LogP contribution in [0.3, 0.4) is 0 Å². The lowest BCUT2D eigenvalue weighted by atomic mass is 9.81. The van der Waals surface area contributed by atoms with Crippen molar-refractivity contribution in [3.63, 3.8) is 0 Å². The summed E-state index contributed by atoms with van der Waals surface area (Å²) >= 11 is 0. The topological polar surface area (TPSA) is 0 Å². The van der Waals surface area contributed by atoms with Crippen molar-refractivity contribution in [2.24, 2.45) is 0 Å². The van der Waals surface area contributed by atoms with E-state index in [4.69, 9.17) is 0 Å². The van der Waals surface area contributed by atoms with Crippen LogP contribution in [0, 0.1) is 0 Å². The summed E-state index contributed by atoms with van der Waals surface area (Å²) < 4.78 is 0. The minimum absolute atomic E-state index is 0.0228. The quantitative estimate of drug-likeness (QED) is 0.185. The SMILES string of the molecule is CC1(C)c2ccccc2-c2ccc(-c3ccc(-c4cccc(-c5cc6ccccc6c6ccccc56)c4)c4ccccc34)cc21. The third-order valence-corrected chi connectivity index (χ3v) is 10.1. The third-order valence-electron chi connectivity index (χ3n) is 10.1. The van der Waals surface area contributed by atoms with E-state index in [-0.39, 0.29) is 5.41 Å². The van der Waals surface area contributed by atoms with Crippen LogP contribution in [0.25, 0.3) is 76.8 Å². The molecule has 0 amide bonds. The van der Waals surface area contributed by atoms with Crippen LogP contribution in [0.15, 0.2) is 158 Å². The first kappa shape index (κ1) is 26.0. The van der Waals surface area contributed by atoms with E-state index in [1.165, 1.54) is 88.0 Å². The van der Waals surface area contributed by atoms with Crippen LogP contribution in [0.2, 0.25) is 0 Å². The second-order valence-corrected chi connectivity index (χ2v) is 12.9. The summed E-state index contributed by atoms with van der Waals surface area (Å²) in [5.41, 5.74) is 13.1. The molecule has 0 aromatic heterocycles. The summed E-state index contributed by atoms with van der Waals surface area (Å²) in [5.74, 6) is 0. The van der Waals surface area contributed by atoms with E-state index in [0.717, 1.165) is 0 Å². The molecule has 0 nitrogen and oxygen atoms in total. The highest BCUT2D eigenvalue weighted by molar-refractivity contribution is 6.14. The predicted molar refractivity (Wildman–Crippen MR) is 193 cm³/mol. The molecule has 0 atom stereocenters. The molecule has 1 aliphatic carbocycles. The molecule has 0 fully saturated rings. The zero-order chi connectivity index (χ0) is 30.1. The first-order valence-corrected chi connectivity index (χ1v) is 15.9. The van der Waals surface area contributed by atoms with Crippen molar-refractivity contribution in [2.45, 2.75) is 19.3 Å². The molecule has 1 aliphatic rings. The highest BCUT2D eigenvalue weighted by Gasteiger charge is 2.35. The first-order chi connectivity index (χ1) is 22.1. The van der Waals surface area contributed by atoms with Crippen LogP contribution in [0.5, 0.6) is 0 Å². The van der Waals surface area contributed by atoms with Gasteiger partial charge in [0.15, 0.2) is 0 Å². The van der Waals surface area contributed by atoms with Crippen molar-refractivity contribution in [1.82, 2.24) is 0 Å². The van der Waals surface area contributed by atoms with Crippen molar-refractivity contribution in [2.75, 3.05) is 0 Å². The Hall–Kier alpha value is -5.46. The van der Waals surface area contributed by atoms with Gasteiger partial charge in [0.05, 0.1) is 0 Å². The lowest BCUT2D eigenvalue weighted by molar-refractivity contribution is 0.660. The molecule has 0 saturated carbocycles. The summed E-state index contributed by atoms with van der Waals surface area (Å²) in [4.78, 5) is 0. The fourth-order valence-electron chi connectivity index (χ4n) is 7.82. The van der Waals surface area contributed by atoms with Crippen molar-refractivity contribution in [3.05, 3.63) is 169 Å². The molecule has 0 heteroatoms. The van der Waals surface area contributed by atoms with Gasteiger partial charge < -0.3 is 0 Å². The molecule has 0 saturated heterocycles. The maximum Gasteiger partial charge on any atom is 0.0159 e. The summed E-state index contributed by atoms with van der Waals surface area (Å²) in [6, 6.07) is 58.4. The highest BCUT2D eigenvalue weighted by Crippen LogP contribution is 2.50. The molecule has 9 rings (SSSR count). The number of benzene rings is 8. The van der Waals surface area contributed by atoms with Gasteiger partial charge in [-0.15, -0.1) is 0 Å². The fourth-order valence-corrected chi connectivity index (χ4v) is 7.82. The maximum absolute atomic E-state index is 2.43. The van der Waals surface area contributed by atoms with E-state index < -0.39 is 0 Å². The van der Waals surface area contributed by atoms with Crippen LogP contribution in [0.4, 0.5) is 0 Å². The zero-order valence-corrected chi connectivity index (χ0v) is 25.5. The third kappa shape index (κ3) is 3.92. The van der Waals surface area contributed by atoms with Crippen LogP contribution >= 0.6 is 0 Å². The Kier molecular flexibility index (Phi) is 5.64. The Morgan fingerprint density at radius 3 is 1.56 bits per heavy atom. The lowest BCUT2D eigenvalue weighted by Gasteiger charge is -2.22. The van der Waals surface area contributed by atoms with Gasteiger partial charge in [-0.25, -0.2) is 0 Å². The molecule has 0 bridgehead atoms. The van der Waals surface area contributed by atoms with Crippen molar-refractivity contribution in [3.8, 4) is 44.5 Å². The Morgan fingerprint density at radius 1 is 0.311 bits per heavy atom. The second-order valence-electron chi connectivity index (χ2n) is 12.9. The molecule has 0 N–H and O–H groups in total. The molecule has 212 valence electrons. The molecule has 8 aromatic rings. The average Bonchev–Trinajstić information content (AvgIpc) is 3.33. The number of fused-ring (bicyclic) bond motifs is 7. The van der Waals surface area contributed by atoms with Crippen LogP contribution in [0.1, 0.15) is 25.0 Å². The molecular weight excluding hydrogens is 540 g/mol. The van der Waals surface area contributed by atoms with Gasteiger partial charge in [-0.1, -0.05) is 153 Å². The molecule has 0 heterocycles. The lowest BCUT2D eigenvalue weighted by Crippen LogP contribution is -2.14. The predicted octanol–water partition coefficient (Wildman–Crippen LogP) is 12.5. The van der Waals surface area contributed by atoms with E-state index in [2.05, 4.69) is 172 Å². The van der Waals surface area contributed by atoms with Gasteiger partial charge in [0.2, 0.25) is 0 Å². The number of hydrogen-bond acceptors (Lipinski definition) is 0. The number of hydrogen-bond donors (Lipinski definition) is 0. The van der Waals surface area contributed by atoms with Gasteiger partial charge >= 0.3 is 0 Å². The van der Waals surface area contributed by atoms with Crippen molar-refractivity contribution < 1.29 is 0 Å². The van der Waals surface area contributed by atoms with Crippen LogP contribution in [-0.4, -0.2) is 0 Å². The maximum atomic E-state index is 2.43. The Balaban J connectivity index is 1.19. The summed E-state index contributed by atoms with van der Waals surface area (Å²) in [6.45, 7) is 4.71. The van der Waals surface area contributed by atoms with E-state index in [1.807, 2.05) is 0 Å². The monoisotopic (exact) mass is 572 g/mol. The normalized spacial score (nSPS) is 13.3. The van der Waals surface area contributed by atoms with Gasteiger partial charge in [0, 0.05) is 5.41 Å².